The average molecular weight is 360 g/mol. The summed E-state index contributed by atoms with van der Waals surface area (Å²) in [5.74, 6) is -0.413. The van der Waals surface area contributed by atoms with Crippen molar-refractivity contribution in [3.63, 3.8) is 0 Å². The molecule has 2 saturated heterocycles. The van der Waals surface area contributed by atoms with Crippen molar-refractivity contribution in [2.45, 2.75) is 38.0 Å². The maximum Gasteiger partial charge on any atom is 0.402 e. The predicted molar refractivity (Wildman–Crippen MR) is 84.5 cm³/mol. The number of likely N-dealkylation sites (tertiary alicyclic amines) is 1. The minimum atomic E-state index is -4.20. The average Bonchev–Trinajstić information content (AvgIpc) is 3.13. The van der Waals surface area contributed by atoms with Gasteiger partial charge in [-0.2, -0.15) is 8.42 Å². The monoisotopic (exact) mass is 359 g/mol. The number of rotatable bonds is 4. The minimum absolute atomic E-state index is 0.342. The SMILES string of the molecule is CCC1OS(=O)(=O)OC1(C(=O)c1ccc(Cl)cc1)N1CCCC1. The lowest BCUT2D eigenvalue weighted by Gasteiger charge is -2.37. The van der Waals surface area contributed by atoms with Crippen molar-refractivity contribution in [2.24, 2.45) is 0 Å². The number of carbonyl (C=O) groups excluding carboxylic acids is 1. The Morgan fingerprint density at radius 1 is 1.30 bits per heavy atom. The molecule has 8 heteroatoms. The third-order valence-corrected chi connectivity index (χ3v) is 5.46. The van der Waals surface area contributed by atoms with Gasteiger partial charge in [-0.3, -0.25) is 9.69 Å². The fourth-order valence-corrected chi connectivity index (χ4v) is 4.54. The van der Waals surface area contributed by atoms with Crippen molar-refractivity contribution < 1.29 is 21.6 Å². The number of nitrogens with zero attached hydrogens (tertiary/aromatic N) is 1. The van der Waals surface area contributed by atoms with E-state index in [-0.39, 0.29) is 0 Å². The van der Waals surface area contributed by atoms with Gasteiger partial charge in [-0.05, 0) is 43.5 Å². The van der Waals surface area contributed by atoms with E-state index in [9.17, 15) is 13.2 Å². The Bertz CT molecular complexity index is 699. The van der Waals surface area contributed by atoms with E-state index >= 15 is 0 Å². The molecule has 2 fully saturated rings. The second-order valence-corrected chi connectivity index (χ2v) is 7.32. The molecule has 0 aliphatic carbocycles. The van der Waals surface area contributed by atoms with E-state index in [4.69, 9.17) is 20.0 Å². The first-order valence-corrected chi connectivity index (χ1v) is 9.29. The zero-order valence-electron chi connectivity index (χ0n) is 12.7. The van der Waals surface area contributed by atoms with Crippen LogP contribution in [0.25, 0.3) is 0 Å². The van der Waals surface area contributed by atoms with Gasteiger partial charge in [0, 0.05) is 23.7 Å². The highest BCUT2D eigenvalue weighted by Gasteiger charge is 2.61. The van der Waals surface area contributed by atoms with E-state index in [0.29, 0.717) is 30.1 Å². The highest BCUT2D eigenvalue weighted by Crippen LogP contribution is 2.40. The number of hydrogen-bond acceptors (Lipinski definition) is 6. The smallest absolute Gasteiger partial charge is 0.289 e. The number of hydrogen-bond donors (Lipinski definition) is 0. The molecule has 0 N–H and O–H groups in total. The summed E-state index contributed by atoms with van der Waals surface area (Å²) >= 11 is 5.87. The maximum atomic E-state index is 13.2. The van der Waals surface area contributed by atoms with Gasteiger partial charge < -0.3 is 0 Å². The summed E-state index contributed by atoms with van der Waals surface area (Å²) < 4.78 is 34.2. The molecule has 2 aliphatic rings. The molecule has 2 unspecified atom stereocenters. The fourth-order valence-electron chi connectivity index (χ4n) is 3.22. The second kappa shape index (κ2) is 6.14. The summed E-state index contributed by atoms with van der Waals surface area (Å²) in [5, 5.41) is 0.500. The Hall–Kier alpha value is -0.990. The number of carbonyl (C=O) groups is 1. The van der Waals surface area contributed by atoms with Crippen molar-refractivity contribution >= 4 is 27.8 Å². The molecule has 1 aromatic carbocycles. The first-order chi connectivity index (χ1) is 10.9. The van der Waals surface area contributed by atoms with Crippen LogP contribution in [0.1, 0.15) is 36.5 Å². The topological polar surface area (TPSA) is 72.9 Å². The minimum Gasteiger partial charge on any atom is -0.289 e. The van der Waals surface area contributed by atoms with Crippen molar-refractivity contribution in [3.05, 3.63) is 34.9 Å². The van der Waals surface area contributed by atoms with Crippen LogP contribution in [0.3, 0.4) is 0 Å². The lowest BCUT2D eigenvalue weighted by molar-refractivity contribution is -0.0646. The molecule has 1 aromatic rings. The number of halogens is 1. The van der Waals surface area contributed by atoms with E-state index in [1.165, 1.54) is 0 Å². The van der Waals surface area contributed by atoms with E-state index < -0.39 is 28.0 Å². The Morgan fingerprint density at radius 3 is 2.48 bits per heavy atom. The molecular formula is C15H18ClNO5S. The first-order valence-electron chi connectivity index (χ1n) is 7.58. The molecular weight excluding hydrogens is 342 g/mol. The van der Waals surface area contributed by atoms with Crippen LogP contribution in [-0.4, -0.2) is 44.0 Å². The van der Waals surface area contributed by atoms with Crippen LogP contribution in [0, 0.1) is 0 Å². The summed E-state index contributed by atoms with van der Waals surface area (Å²) in [6.07, 6.45) is 1.24. The molecule has 0 amide bonds. The summed E-state index contributed by atoms with van der Waals surface area (Å²) in [7, 11) is -4.20. The molecule has 2 atom stereocenters. The van der Waals surface area contributed by atoms with Crippen molar-refractivity contribution in [3.8, 4) is 0 Å². The van der Waals surface area contributed by atoms with Crippen molar-refractivity contribution in [2.75, 3.05) is 13.1 Å². The van der Waals surface area contributed by atoms with Gasteiger partial charge in [-0.15, -0.1) is 0 Å². The molecule has 126 valence electrons. The standard InChI is InChI=1S/C15H18ClNO5S/c1-2-13-15(17-9-3-4-10-17,22-23(19,20)21-13)14(18)11-5-7-12(16)8-6-11/h5-8,13H,2-4,9-10H2,1H3. The summed E-state index contributed by atoms with van der Waals surface area (Å²) in [5.41, 5.74) is -1.28. The van der Waals surface area contributed by atoms with Crippen LogP contribution in [0.5, 0.6) is 0 Å². The molecule has 23 heavy (non-hydrogen) atoms. The van der Waals surface area contributed by atoms with Crippen molar-refractivity contribution in [1.29, 1.82) is 0 Å². The molecule has 2 heterocycles. The Balaban J connectivity index is 2.08. The molecule has 0 saturated carbocycles. The third kappa shape index (κ3) is 2.92. The first kappa shape index (κ1) is 16.9. The van der Waals surface area contributed by atoms with Crippen LogP contribution < -0.4 is 0 Å². The van der Waals surface area contributed by atoms with Crippen LogP contribution in [0.15, 0.2) is 24.3 Å². The van der Waals surface area contributed by atoms with E-state index in [1.54, 1.807) is 36.1 Å². The van der Waals surface area contributed by atoms with Gasteiger partial charge in [0.15, 0.2) is 0 Å². The highest BCUT2D eigenvalue weighted by atomic mass is 35.5. The van der Waals surface area contributed by atoms with Gasteiger partial charge in [0.05, 0.1) is 0 Å². The molecule has 3 rings (SSSR count). The number of ketones is 1. The molecule has 2 aliphatic heterocycles. The lowest BCUT2D eigenvalue weighted by atomic mass is 9.92. The molecule has 0 radical (unpaired) electrons. The van der Waals surface area contributed by atoms with Crippen LogP contribution in [0.2, 0.25) is 5.02 Å². The fraction of sp³-hybridized carbons (Fsp3) is 0.533. The maximum absolute atomic E-state index is 13.2. The summed E-state index contributed by atoms with van der Waals surface area (Å²) in [4.78, 5) is 15.0. The van der Waals surface area contributed by atoms with Gasteiger partial charge in [0.25, 0.3) is 0 Å². The summed E-state index contributed by atoms with van der Waals surface area (Å²) in [6.45, 7) is 2.96. The number of Topliss-reactive ketones (excluding diaryl/α,β-unsaturated/α-hetero) is 1. The van der Waals surface area contributed by atoms with Crippen LogP contribution in [-0.2, 0) is 18.8 Å². The normalized spacial score (nSPS) is 30.6. The van der Waals surface area contributed by atoms with Gasteiger partial charge in [-0.25, -0.2) is 8.37 Å². The van der Waals surface area contributed by atoms with Crippen LogP contribution in [0.4, 0.5) is 0 Å². The predicted octanol–water partition coefficient (Wildman–Crippen LogP) is 2.39. The zero-order chi connectivity index (χ0) is 16.7. The Labute approximate surface area is 140 Å². The van der Waals surface area contributed by atoms with Gasteiger partial charge >= 0.3 is 10.4 Å². The van der Waals surface area contributed by atoms with E-state index in [1.807, 2.05) is 0 Å². The lowest BCUT2D eigenvalue weighted by Crippen LogP contribution is -2.60. The highest BCUT2D eigenvalue weighted by molar-refractivity contribution is 7.82. The molecule has 0 spiro atoms. The second-order valence-electron chi connectivity index (χ2n) is 5.71. The molecule has 6 nitrogen and oxygen atoms in total. The van der Waals surface area contributed by atoms with Gasteiger partial charge in [0.2, 0.25) is 11.5 Å². The van der Waals surface area contributed by atoms with Crippen LogP contribution >= 0.6 is 11.6 Å². The quantitative estimate of drug-likeness (QED) is 0.768. The van der Waals surface area contributed by atoms with E-state index in [0.717, 1.165) is 12.8 Å². The number of benzene rings is 1. The molecule has 0 aromatic heterocycles. The molecule has 0 bridgehead atoms. The van der Waals surface area contributed by atoms with Gasteiger partial charge in [0.1, 0.15) is 6.10 Å². The van der Waals surface area contributed by atoms with E-state index in [2.05, 4.69) is 0 Å². The largest absolute Gasteiger partial charge is 0.402 e. The van der Waals surface area contributed by atoms with Crippen molar-refractivity contribution in [1.82, 2.24) is 4.90 Å². The van der Waals surface area contributed by atoms with Gasteiger partial charge in [-0.1, -0.05) is 18.5 Å². The zero-order valence-corrected chi connectivity index (χ0v) is 14.3. The third-order valence-electron chi connectivity index (χ3n) is 4.28. The Kier molecular flexibility index (Phi) is 4.50. The Morgan fingerprint density at radius 2 is 1.91 bits per heavy atom. The summed E-state index contributed by atoms with van der Waals surface area (Å²) in [6, 6.07) is 6.34.